The van der Waals surface area contributed by atoms with Crippen molar-refractivity contribution in [1.82, 2.24) is 19.5 Å². The Balaban J connectivity index is 1.91. The molecule has 0 amide bonds. The van der Waals surface area contributed by atoms with Crippen LogP contribution in [0.2, 0.25) is 0 Å². The van der Waals surface area contributed by atoms with Gasteiger partial charge in [0.05, 0.1) is 19.5 Å². The number of hydrogen-bond donors (Lipinski definition) is 1. The molecule has 0 saturated heterocycles. The number of hydrogen-bond acceptors (Lipinski definition) is 6. The fourth-order valence-corrected chi connectivity index (χ4v) is 2.39. The Hall–Kier alpha value is -2.96. The van der Waals surface area contributed by atoms with Gasteiger partial charge in [0.25, 0.3) is 0 Å². The molecule has 2 aromatic heterocycles. The number of aromatic nitrogens is 4. The van der Waals surface area contributed by atoms with Gasteiger partial charge in [0.1, 0.15) is 6.29 Å². The third kappa shape index (κ3) is 3.34. The lowest BCUT2D eigenvalue weighted by Crippen LogP contribution is -2.06. The van der Waals surface area contributed by atoms with Crippen LogP contribution in [0.15, 0.2) is 30.6 Å². The molecule has 0 aliphatic rings. The molecule has 124 valence electrons. The van der Waals surface area contributed by atoms with Crippen molar-refractivity contribution in [1.29, 1.82) is 0 Å². The quantitative estimate of drug-likeness (QED) is 0.529. The lowest BCUT2D eigenvalue weighted by atomic mass is 10.1. The van der Waals surface area contributed by atoms with Crippen molar-refractivity contribution in [2.24, 2.45) is 0 Å². The first kappa shape index (κ1) is 15.9. The van der Waals surface area contributed by atoms with Gasteiger partial charge in [-0.1, -0.05) is 31.5 Å². The van der Waals surface area contributed by atoms with Gasteiger partial charge in [0.2, 0.25) is 0 Å². The number of anilines is 1. The van der Waals surface area contributed by atoms with Crippen molar-refractivity contribution in [3.63, 3.8) is 0 Å². The van der Waals surface area contributed by atoms with E-state index in [9.17, 15) is 4.79 Å². The predicted octanol–water partition coefficient (Wildman–Crippen LogP) is 2.45. The second-order valence-corrected chi connectivity index (χ2v) is 5.50. The van der Waals surface area contributed by atoms with Crippen LogP contribution in [0.25, 0.3) is 11.2 Å². The highest BCUT2D eigenvalue weighted by Gasteiger charge is 2.12. The summed E-state index contributed by atoms with van der Waals surface area (Å²) in [4.78, 5) is 23.8. The van der Waals surface area contributed by atoms with E-state index in [1.165, 1.54) is 0 Å². The number of ether oxygens (including phenoxy) is 1. The average molecular weight is 325 g/mol. The molecule has 7 heteroatoms. The first-order chi connectivity index (χ1) is 11.7. The molecule has 7 nitrogen and oxygen atoms in total. The Bertz CT molecular complexity index is 859. The third-order valence-corrected chi connectivity index (χ3v) is 3.64. The van der Waals surface area contributed by atoms with Crippen molar-refractivity contribution in [3.05, 3.63) is 41.7 Å². The molecule has 0 radical (unpaired) electrons. The molecular formula is C17H19N5O2. The summed E-state index contributed by atoms with van der Waals surface area (Å²) in [6.45, 7) is 3.17. The highest BCUT2D eigenvalue weighted by molar-refractivity contribution is 5.82. The van der Waals surface area contributed by atoms with Gasteiger partial charge >= 0.3 is 6.01 Å². The summed E-state index contributed by atoms with van der Waals surface area (Å²) in [5.74, 6) is 0.298. The Morgan fingerprint density at radius 1 is 1.33 bits per heavy atom. The molecule has 24 heavy (non-hydrogen) atoms. The number of carbonyl (C=O) groups is 1. The Labute approximate surface area is 139 Å². The molecular weight excluding hydrogens is 306 g/mol. The van der Waals surface area contributed by atoms with Crippen molar-refractivity contribution in [2.75, 3.05) is 12.3 Å². The number of aldehydes is 1. The van der Waals surface area contributed by atoms with Gasteiger partial charge < -0.3 is 15.0 Å². The number of benzene rings is 1. The van der Waals surface area contributed by atoms with Gasteiger partial charge in [0.15, 0.2) is 17.0 Å². The fourth-order valence-electron chi connectivity index (χ4n) is 2.39. The molecule has 0 aliphatic heterocycles. The molecule has 0 fully saturated rings. The molecule has 0 saturated carbocycles. The minimum atomic E-state index is 0.261. The van der Waals surface area contributed by atoms with Gasteiger partial charge in [-0.15, -0.1) is 0 Å². The monoisotopic (exact) mass is 325 g/mol. The van der Waals surface area contributed by atoms with Gasteiger partial charge in [-0.05, 0) is 18.1 Å². The third-order valence-electron chi connectivity index (χ3n) is 3.64. The number of nitrogen functional groups attached to an aromatic ring is 1. The van der Waals surface area contributed by atoms with E-state index >= 15 is 0 Å². The lowest BCUT2D eigenvalue weighted by molar-refractivity contribution is 0.112. The first-order valence-corrected chi connectivity index (χ1v) is 7.86. The highest BCUT2D eigenvalue weighted by Crippen LogP contribution is 2.20. The predicted molar refractivity (Wildman–Crippen MR) is 91.1 cm³/mol. The summed E-state index contributed by atoms with van der Waals surface area (Å²) in [6.07, 6.45) is 4.45. The zero-order valence-electron chi connectivity index (χ0n) is 13.5. The maximum atomic E-state index is 10.9. The summed E-state index contributed by atoms with van der Waals surface area (Å²) in [5.41, 5.74) is 8.73. The highest BCUT2D eigenvalue weighted by atomic mass is 16.5. The van der Waals surface area contributed by atoms with E-state index in [0.29, 0.717) is 35.7 Å². The second-order valence-electron chi connectivity index (χ2n) is 5.50. The Kier molecular flexibility index (Phi) is 4.69. The van der Waals surface area contributed by atoms with Gasteiger partial charge in [-0.2, -0.15) is 9.97 Å². The number of nitrogens with zero attached hydrogens (tertiary/aromatic N) is 4. The minimum absolute atomic E-state index is 0.261. The van der Waals surface area contributed by atoms with Crippen LogP contribution < -0.4 is 10.5 Å². The van der Waals surface area contributed by atoms with Crippen LogP contribution in [-0.4, -0.2) is 32.4 Å². The smallest absolute Gasteiger partial charge is 0.320 e. The number of unbranched alkanes of at least 4 members (excludes halogenated alkanes) is 1. The maximum Gasteiger partial charge on any atom is 0.320 e. The largest absolute Gasteiger partial charge is 0.463 e. The molecule has 2 N–H and O–H groups in total. The molecule has 0 bridgehead atoms. The Morgan fingerprint density at radius 2 is 2.21 bits per heavy atom. The number of carbonyl (C=O) groups excluding carboxylic acids is 1. The topological polar surface area (TPSA) is 95.9 Å². The summed E-state index contributed by atoms with van der Waals surface area (Å²) in [5, 5.41) is 0. The molecule has 3 rings (SSSR count). The molecule has 1 aromatic carbocycles. The summed E-state index contributed by atoms with van der Waals surface area (Å²) in [7, 11) is 0. The SMILES string of the molecule is CCCCOc1nc(N)c2ncn(Cc3cccc(C=O)c3)c2n1. The van der Waals surface area contributed by atoms with Crippen molar-refractivity contribution >= 4 is 23.3 Å². The summed E-state index contributed by atoms with van der Waals surface area (Å²) in [6, 6.07) is 7.66. The number of fused-ring (bicyclic) bond motifs is 1. The first-order valence-electron chi connectivity index (χ1n) is 7.86. The van der Waals surface area contributed by atoms with Crippen LogP contribution in [0.5, 0.6) is 6.01 Å². The zero-order valence-corrected chi connectivity index (χ0v) is 13.5. The summed E-state index contributed by atoms with van der Waals surface area (Å²) < 4.78 is 7.42. The maximum absolute atomic E-state index is 10.9. The number of rotatable bonds is 7. The molecule has 0 unspecified atom stereocenters. The normalized spacial score (nSPS) is 10.9. The van der Waals surface area contributed by atoms with Crippen LogP contribution in [0, 0.1) is 0 Å². The van der Waals surface area contributed by atoms with E-state index in [1.54, 1.807) is 12.4 Å². The van der Waals surface area contributed by atoms with E-state index in [-0.39, 0.29) is 6.01 Å². The van der Waals surface area contributed by atoms with Gasteiger partial charge in [-0.25, -0.2) is 4.98 Å². The fraction of sp³-hybridized carbons (Fsp3) is 0.294. The van der Waals surface area contributed by atoms with E-state index in [2.05, 4.69) is 21.9 Å². The molecule has 0 atom stereocenters. The van der Waals surface area contributed by atoms with Crippen LogP contribution in [0.4, 0.5) is 5.82 Å². The van der Waals surface area contributed by atoms with Crippen molar-refractivity contribution in [2.45, 2.75) is 26.3 Å². The molecule has 3 aromatic rings. The van der Waals surface area contributed by atoms with E-state index in [4.69, 9.17) is 10.5 Å². The van der Waals surface area contributed by atoms with Crippen LogP contribution in [-0.2, 0) is 6.54 Å². The lowest BCUT2D eigenvalue weighted by Gasteiger charge is -2.07. The van der Waals surface area contributed by atoms with Crippen LogP contribution in [0.1, 0.15) is 35.7 Å². The van der Waals surface area contributed by atoms with E-state index in [0.717, 1.165) is 24.7 Å². The molecule has 0 spiro atoms. The van der Waals surface area contributed by atoms with E-state index in [1.807, 2.05) is 22.8 Å². The minimum Gasteiger partial charge on any atom is -0.463 e. The number of imidazole rings is 1. The zero-order chi connectivity index (χ0) is 16.9. The van der Waals surface area contributed by atoms with Gasteiger partial charge in [0, 0.05) is 5.56 Å². The average Bonchev–Trinajstić information content (AvgIpc) is 2.99. The van der Waals surface area contributed by atoms with Crippen molar-refractivity contribution in [3.8, 4) is 6.01 Å². The molecule has 0 aliphatic carbocycles. The van der Waals surface area contributed by atoms with Crippen LogP contribution in [0.3, 0.4) is 0 Å². The Morgan fingerprint density at radius 3 is 3.00 bits per heavy atom. The molecule has 2 heterocycles. The van der Waals surface area contributed by atoms with Crippen molar-refractivity contribution < 1.29 is 9.53 Å². The number of nitrogens with two attached hydrogens (primary N) is 1. The van der Waals surface area contributed by atoms with E-state index < -0.39 is 0 Å². The standard InChI is InChI=1S/C17H19N5O2/c1-2-3-7-24-17-20-15(18)14-16(21-17)22(11-19-14)9-12-5-4-6-13(8-12)10-23/h4-6,8,10-11H,2-3,7,9H2,1H3,(H2,18,20,21). The van der Waals surface area contributed by atoms with Crippen LogP contribution >= 0.6 is 0 Å². The summed E-state index contributed by atoms with van der Waals surface area (Å²) >= 11 is 0. The second kappa shape index (κ2) is 7.08. The van der Waals surface area contributed by atoms with Gasteiger partial charge in [-0.3, -0.25) is 4.79 Å².